The van der Waals surface area contributed by atoms with Crippen molar-refractivity contribution in [2.24, 2.45) is 5.16 Å². The molecule has 0 amide bonds. The van der Waals surface area contributed by atoms with E-state index in [1.54, 1.807) is 48.5 Å². The highest BCUT2D eigenvalue weighted by Crippen LogP contribution is 2.24. The monoisotopic (exact) mass is 301 g/mol. The van der Waals surface area contributed by atoms with E-state index in [0.717, 1.165) is 4.57 Å². The highest BCUT2D eigenvalue weighted by molar-refractivity contribution is 6.01. The summed E-state index contributed by atoms with van der Waals surface area (Å²) in [6.45, 7) is -2.71. The van der Waals surface area contributed by atoms with E-state index in [1.807, 2.05) is 6.07 Å². The average Bonchev–Trinajstić information content (AvgIpc) is 2.91. The third-order valence-corrected chi connectivity index (χ3v) is 3.42. The lowest BCUT2D eigenvalue weighted by atomic mass is 10.1. The first kappa shape index (κ1) is 14.2. The number of hydrogen-bond acceptors (Lipinski definition) is 3. The number of halogens is 2. The van der Waals surface area contributed by atoms with Crippen LogP contribution in [0, 0.1) is 0 Å². The summed E-state index contributed by atoms with van der Waals surface area (Å²) in [7, 11) is 0. The number of hydrogen-bond donors (Lipinski definition) is 1. The Morgan fingerprint density at radius 1 is 1.09 bits per heavy atom. The number of benzene rings is 2. The fraction of sp³-hybridized carbons (Fsp3) is 0.125. The quantitative estimate of drug-likeness (QED) is 0.452. The molecule has 0 radical (unpaired) electrons. The van der Waals surface area contributed by atoms with E-state index in [0.29, 0.717) is 16.6 Å². The Balaban J connectivity index is 2.05. The normalized spacial score (nSPS) is 12.2. The minimum Gasteiger partial charge on any atom is -0.411 e. The molecule has 0 saturated heterocycles. The highest BCUT2D eigenvalue weighted by atomic mass is 19.3. The highest BCUT2D eigenvalue weighted by Gasteiger charge is 2.19. The molecule has 0 aliphatic heterocycles. The third-order valence-electron chi connectivity index (χ3n) is 3.42. The van der Waals surface area contributed by atoms with E-state index < -0.39 is 6.55 Å². The van der Waals surface area contributed by atoms with Crippen LogP contribution in [0.25, 0.3) is 11.0 Å². The number of imidazole rings is 1. The molecule has 4 nitrogen and oxygen atoms in total. The van der Waals surface area contributed by atoms with E-state index in [2.05, 4.69) is 10.1 Å². The van der Waals surface area contributed by atoms with Gasteiger partial charge in [-0.3, -0.25) is 4.57 Å². The van der Waals surface area contributed by atoms with Gasteiger partial charge in [-0.05, 0) is 17.7 Å². The molecule has 112 valence electrons. The second-order valence-electron chi connectivity index (χ2n) is 4.75. The summed E-state index contributed by atoms with van der Waals surface area (Å²) in [6, 6.07) is 15.6. The number of oxime groups is 1. The number of rotatable bonds is 4. The summed E-state index contributed by atoms with van der Waals surface area (Å²) < 4.78 is 27.6. The molecule has 0 fully saturated rings. The Kier molecular flexibility index (Phi) is 3.82. The summed E-state index contributed by atoms with van der Waals surface area (Å²) in [5.41, 5.74) is 1.80. The molecule has 0 aliphatic carbocycles. The minimum atomic E-state index is -2.71. The van der Waals surface area contributed by atoms with Crippen LogP contribution in [0.3, 0.4) is 0 Å². The number of fused-ring (bicyclic) bond motifs is 1. The fourth-order valence-corrected chi connectivity index (χ4v) is 2.41. The molecular weight excluding hydrogens is 288 g/mol. The Hall–Kier alpha value is -2.76. The molecule has 0 aliphatic rings. The largest absolute Gasteiger partial charge is 0.411 e. The van der Waals surface area contributed by atoms with Crippen LogP contribution in [0.15, 0.2) is 59.8 Å². The summed E-state index contributed by atoms with van der Waals surface area (Å²) in [5.74, 6) is 0.160. The summed E-state index contributed by atoms with van der Waals surface area (Å²) in [4.78, 5) is 4.24. The molecule has 0 bridgehead atoms. The van der Waals surface area contributed by atoms with Gasteiger partial charge in [0.05, 0.1) is 23.2 Å². The van der Waals surface area contributed by atoms with E-state index in [1.165, 1.54) is 0 Å². The first-order valence-corrected chi connectivity index (χ1v) is 6.71. The predicted octanol–water partition coefficient (Wildman–Crippen LogP) is 3.85. The minimum absolute atomic E-state index is 0.0134. The van der Waals surface area contributed by atoms with Crippen LogP contribution in [0.5, 0.6) is 0 Å². The van der Waals surface area contributed by atoms with Crippen molar-refractivity contribution in [3.8, 4) is 0 Å². The van der Waals surface area contributed by atoms with Crippen LogP contribution in [0.4, 0.5) is 8.78 Å². The number of aromatic nitrogens is 2. The van der Waals surface area contributed by atoms with Gasteiger partial charge in [0.25, 0.3) is 0 Å². The van der Waals surface area contributed by atoms with Gasteiger partial charge >= 0.3 is 6.55 Å². The molecule has 0 spiro atoms. The molecule has 0 atom stereocenters. The zero-order valence-corrected chi connectivity index (χ0v) is 11.5. The molecule has 1 aromatic heterocycles. The second-order valence-corrected chi connectivity index (χ2v) is 4.75. The molecule has 6 heteroatoms. The van der Waals surface area contributed by atoms with Crippen LogP contribution in [-0.4, -0.2) is 20.5 Å². The molecule has 1 heterocycles. The van der Waals surface area contributed by atoms with Crippen LogP contribution < -0.4 is 0 Å². The SMILES string of the molecule is ON=C(Cc1nc2ccccc2n1C(F)F)c1ccccc1. The molecule has 3 rings (SSSR count). The van der Waals surface area contributed by atoms with Gasteiger partial charge in [-0.2, -0.15) is 8.78 Å². The smallest absolute Gasteiger partial charge is 0.320 e. The van der Waals surface area contributed by atoms with Crippen LogP contribution in [-0.2, 0) is 6.42 Å². The van der Waals surface area contributed by atoms with E-state index in [-0.39, 0.29) is 18.0 Å². The van der Waals surface area contributed by atoms with Crippen molar-refractivity contribution in [2.75, 3.05) is 0 Å². The lowest BCUT2D eigenvalue weighted by molar-refractivity contribution is 0.0720. The first-order chi connectivity index (χ1) is 10.7. The van der Waals surface area contributed by atoms with E-state index in [9.17, 15) is 14.0 Å². The van der Waals surface area contributed by atoms with Crippen molar-refractivity contribution >= 4 is 16.7 Å². The molecular formula is C16H13F2N3O. The van der Waals surface area contributed by atoms with Gasteiger partial charge in [0.2, 0.25) is 0 Å². The Labute approximate surface area is 125 Å². The van der Waals surface area contributed by atoms with Gasteiger partial charge < -0.3 is 5.21 Å². The number of alkyl halides is 2. The molecule has 22 heavy (non-hydrogen) atoms. The summed E-state index contributed by atoms with van der Waals surface area (Å²) >= 11 is 0. The van der Waals surface area contributed by atoms with Crippen molar-refractivity contribution in [1.82, 2.24) is 9.55 Å². The summed E-state index contributed by atoms with van der Waals surface area (Å²) in [5, 5.41) is 12.5. The van der Waals surface area contributed by atoms with Crippen LogP contribution in [0.1, 0.15) is 17.9 Å². The van der Waals surface area contributed by atoms with Crippen molar-refractivity contribution < 1.29 is 14.0 Å². The van der Waals surface area contributed by atoms with Gasteiger partial charge in [-0.15, -0.1) is 0 Å². The van der Waals surface area contributed by atoms with Crippen molar-refractivity contribution in [2.45, 2.75) is 13.0 Å². The van der Waals surface area contributed by atoms with Crippen molar-refractivity contribution in [3.05, 3.63) is 66.0 Å². The van der Waals surface area contributed by atoms with Crippen molar-refractivity contribution in [1.29, 1.82) is 0 Å². The second kappa shape index (κ2) is 5.93. The molecule has 3 aromatic rings. The molecule has 0 saturated carbocycles. The van der Waals surface area contributed by atoms with E-state index >= 15 is 0 Å². The zero-order chi connectivity index (χ0) is 15.5. The molecule has 0 unspecified atom stereocenters. The summed E-state index contributed by atoms with van der Waals surface area (Å²) in [6.07, 6.45) is 0.0134. The average molecular weight is 301 g/mol. The number of nitrogens with zero attached hydrogens (tertiary/aromatic N) is 3. The van der Waals surface area contributed by atoms with Crippen molar-refractivity contribution in [3.63, 3.8) is 0 Å². The molecule has 1 N–H and O–H groups in total. The fourth-order valence-electron chi connectivity index (χ4n) is 2.41. The van der Waals surface area contributed by atoms with Gasteiger partial charge in [0.15, 0.2) is 0 Å². The standard InChI is InChI=1S/C16H13F2N3O/c17-16(18)21-14-9-5-4-8-12(14)19-15(21)10-13(20-22)11-6-2-1-3-7-11/h1-9,16,22H,10H2. The van der Waals surface area contributed by atoms with Gasteiger partial charge in [0, 0.05) is 0 Å². The maximum atomic E-state index is 13.4. The third kappa shape index (κ3) is 2.55. The first-order valence-electron chi connectivity index (χ1n) is 6.71. The maximum absolute atomic E-state index is 13.4. The van der Waals surface area contributed by atoms with E-state index in [4.69, 9.17) is 0 Å². The van der Waals surface area contributed by atoms with Gasteiger partial charge in [-0.25, -0.2) is 4.98 Å². The predicted molar refractivity (Wildman–Crippen MR) is 79.5 cm³/mol. The van der Waals surface area contributed by atoms with Crippen LogP contribution >= 0.6 is 0 Å². The Morgan fingerprint density at radius 3 is 2.45 bits per heavy atom. The Bertz CT molecular complexity index is 813. The maximum Gasteiger partial charge on any atom is 0.320 e. The lowest BCUT2D eigenvalue weighted by Gasteiger charge is -2.08. The Morgan fingerprint density at radius 2 is 1.77 bits per heavy atom. The number of para-hydroxylation sites is 2. The van der Waals surface area contributed by atoms with Gasteiger partial charge in [-0.1, -0.05) is 47.6 Å². The van der Waals surface area contributed by atoms with Gasteiger partial charge in [0.1, 0.15) is 5.82 Å². The van der Waals surface area contributed by atoms with Crippen LogP contribution in [0.2, 0.25) is 0 Å². The zero-order valence-electron chi connectivity index (χ0n) is 11.5. The molecule has 2 aromatic carbocycles. The lowest BCUT2D eigenvalue weighted by Crippen LogP contribution is -2.12. The topological polar surface area (TPSA) is 50.4 Å².